The highest BCUT2D eigenvalue weighted by Gasteiger charge is 2.30. The number of nitrogens with one attached hydrogen (secondary N) is 2. The van der Waals surface area contributed by atoms with Gasteiger partial charge in [-0.3, -0.25) is 14.5 Å². The van der Waals surface area contributed by atoms with Crippen LogP contribution < -0.4 is 10.6 Å². The number of hydrogen-bond acceptors (Lipinski definition) is 6. The van der Waals surface area contributed by atoms with E-state index in [1.807, 2.05) is 5.38 Å². The Morgan fingerprint density at radius 2 is 2.33 bits per heavy atom. The number of carbonyl (C=O) groups is 2. The van der Waals surface area contributed by atoms with Gasteiger partial charge in [0.2, 0.25) is 11.8 Å². The first-order valence-electron chi connectivity index (χ1n) is 6.85. The van der Waals surface area contributed by atoms with Crippen LogP contribution in [0.25, 0.3) is 0 Å². The molecule has 1 aromatic heterocycles. The number of amides is 2. The van der Waals surface area contributed by atoms with Crippen LogP contribution in [0.15, 0.2) is 5.38 Å². The lowest BCUT2D eigenvalue weighted by Gasteiger charge is -2.35. The summed E-state index contributed by atoms with van der Waals surface area (Å²) in [5.74, 6) is -0.0294. The van der Waals surface area contributed by atoms with Crippen molar-refractivity contribution in [1.82, 2.24) is 20.1 Å². The summed E-state index contributed by atoms with van der Waals surface area (Å²) in [4.78, 5) is 31.4. The van der Waals surface area contributed by atoms with Crippen LogP contribution in [0, 0.1) is 0 Å². The van der Waals surface area contributed by atoms with Gasteiger partial charge >= 0.3 is 0 Å². The molecule has 0 saturated carbocycles. The van der Waals surface area contributed by atoms with E-state index >= 15 is 0 Å². The third-order valence-corrected chi connectivity index (χ3v) is 4.09. The van der Waals surface area contributed by atoms with Crippen LogP contribution in [0.5, 0.6) is 0 Å². The van der Waals surface area contributed by atoms with Crippen LogP contribution in [-0.2, 0) is 16.1 Å². The maximum atomic E-state index is 12.2. The minimum Gasteiger partial charge on any atom is -0.347 e. The number of anilines is 1. The highest BCUT2D eigenvalue weighted by Crippen LogP contribution is 2.18. The average Bonchev–Trinajstić information content (AvgIpc) is 2.85. The van der Waals surface area contributed by atoms with Gasteiger partial charge in [0.25, 0.3) is 0 Å². The van der Waals surface area contributed by atoms with Gasteiger partial charge in [-0.15, -0.1) is 11.3 Å². The molecule has 2 N–H and O–H groups in total. The largest absolute Gasteiger partial charge is 0.347 e. The minimum atomic E-state index is -0.167. The summed E-state index contributed by atoms with van der Waals surface area (Å²) in [6.45, 7) is 4.39. The summed E-state index contributed by atoms with van der Waals surface area (Å²) in [7, 11) is 3.54. The van der Waals surface area contributed by atoms with Gasteiger partial charge in [0.15, 0.2) is 5.13 Å². The first-order valence-corrected chi connectivity index (χ1v) is 7.73. The van der Waals surface area contributed by atoms with Crippen LogP contribution in [0.4, 0.5) is 5.13 Å². The van der Waals surface area contributed by atoms with Gasteiger partial charge in [-0.1, -0.05) is 0 Å². The molecule has 1 aliphatic rings. The number of aromatic nitrogens is 1. The van der Waals surface area contributed by atoms with Crippen LogP contribution >= 0.6 is 11.3 Å². The lowest BCUT2D eigenvalue weighted by molar-refractivity contribution is -0.135. The van der Waals surface area contributed by atoms with Crippen molar-refractivity contribution in [3.05, 3.63) is 11.1 Å². The molecule has 0 radical (unpaired) electrons. The van der Waals surface area contributed by atoms with Gasteiger partial charge in [-0.25, -0.2) is 4.98 Å². The fourth-order valence-electron chi connectivity index (χ4n) is 2.27. The summed E-state index contributed by atoms with van der Waals surface area (Å²) in [5, 5.41) is 8.45. The Labute approximate surface area is 128 Å². The number of thiazole rings is 1. The van der Waals surface area contributed by atoms with E-state index in [4.69, 9.17) is 0 Å². The highest BCUT2D eigenvalue weighted by atomic mass is 32.1. The van der Waals surface area contributed by atoms with Crippen molar-refractivity contribution in [2.45, 2.75) is 19.5 Å². The van der Waals surface area contributed by atoms with Gasteiger partial charge < -0.3 is 15.5 Å². The first kappa shape index (κ1) is 15.9. The molecule has 0 spiro atoms. The molecule has 1 unspecified atom stereocenters. The fourth-order valence-corrected chi connectivity index (χ4v) is 3.02. The molecule has 1 aromatic rings. The van der Waals surface area contributed by atoms with Crippen LogP contribution in [0.1, 0.15) is 12.6 Å². The lowest BCUT2D eigenvalue weighted by Crippen LogP contribution is -2.57. The van der Waals surface area contributed by atoms with Crippen molar-refractivity contribution in [2.75, 3.05) is 39.0 Å². The zero-order valence-electron chi connectivity index (χ0n) is 12.5. The minimum absolute atomic E-state index is 0.0968. The topological polar surface area (TPSA) is 77.6 Å². The molecular weight excluding hydrogens is 290 g/mol. The van der Waals surface area contributed by atoms with Crippen molar-refractivity contribution < 1.29 is 9.59 Å². The fraction of sp³-hybridized carbons (Fsp3) is 0.615. The number of hydrogen-bond donors (Lipinski definition) is 2. The molecule has 0 bridgehead atoms. The molecule has 7 nitrogen and oxygen atoms in total. The SMILES string of the molecule is CC(=O)Nc1nc(CN2CCNCC2C(=O)N(C)C)cs1. The number of carbonyl (C=O) groups excluding carboxylic acids is 2. The third kappa shape index (κ3) is 4.23. The van der Waals surface area contributed by atoms with Crippen molar-refractivity contribution in [1.29, 1.82) is 0 Å². The van der Waals surface area contributed by atoms with Gasteiger partial charge in [-0.2, -0.15) is 0 Å². The zero-order valence-corrected chi connectivity index (χ0v) is 13.4. The summed E-state index contributed by atoms with van der Waals surface area (Å²) >= 11 is 1.40. The summed E-state index contributed by atoms with van der Waals surface area (Å²) in [5.41, 5.74) is 0.877. The quantitative estimate of drug-likeness (QED) is 0.816. The molecule has 1 fully saturated rings. The normalized spacial score (nSPS) is 19.3. The Kier molecular flexibility index (Phi) is 5.27. The number of rotatable bonds is 4. The second-order valence-electron chi connectivity index (χ2n) is 5.25. The molecule has 2 heterocycles. The smallest absolute Gasteiger partial charge is 0.240 e. The second-order valence-corrected chi connectivity index (χ2v) is 6.11. The summed E-state index contributed by atoms with van der Waals surface area (Å²) in [6, 6.07) is -0.167. The van der Waals surface area contributed by atoms with E-state index in [9.17, 15) is 9.59 Å². The van der Waals surface area contributed by atoms with E-state index in [0.717, 1.165) is 18.8 Å². The molecule has 1 atom stereocenters. The lowest BCUT2D eigenvalue weighted by atomic mass is 10.1. The molecule has 2 rings (SSSR count). The standard InChI is InChI=1S/C13H21N5O2S/c1-9(19)15-13-16-10(8-21-13)7-18-5-4-14-6-11(18)12(20)17(2)3/h8,11,14H,4-7H2,1-3H3,(H,15,16,19). The predicted molar refractivity (Wildman–Crippen MR) is 82.2 cm³/mol. The Bertz CT molecular complexity index is 516. The van der Waals surface area contributed by atoms with E-state index in [2.05, 4.69) is 20.5 Å². The number of likely N-dealkylation sites (N-methyl/N-ethyl adjacent to an activating group) is 1. The molecular formula is C13H21N5O2S. The first-order chi connectivity index (χ1) is 9.97. The van der Waals surface area contributed by atoms with Crippen molar-refractivity contribution >= 4 is 28.3 Å². The monoisotopic (exact) mass is 311 g/mol. The Morgan fingerprint density at radius 1 is 1.57 bits per heavy atom. The van der Waals surface area contributed by atoms with Crippen molar-refractivity contribution in [3.8, 4) is 0 Å². The third-order valence-electron chi connectivity index (χ3n) is 3.28. The molecule has 0 aromatic carbocycles. The van der Waals surface area contributed by atoms with Gasteiger partial charge in [0.1, 0.15) is 6.04 Å². The average molecular weight is 311 g/mol. The van der Waals surface area contributed by atoms with E-state index in [-0.39, 0.29) is 17.9 Å². The van der Waals surface area contributed by atoms with Gasteiger partial charge in [0.05, 0.1) is 5.69 Å². The second kappa shape index (κ2) is 6.97. The molecule has 116 valence electrons. The molecule has 1 aliphatic heterocycles. The predicted octanol–water partition coefficient (Wildman–Crippen LogP) is -0.0365. The number of piperazine rings is 1. The number of nitrogens with zero attached hydrogens (tertiary/aromatic N) is 3. The van der Waals surface area contributed by atoms with E-state index in [1.165, 1.54) is 18.3 Å². The Hall–Kier alpha value is -1.51. The zero-order chi connectivity index (χ0) is 15.4. The van der Waals surface area contributed by atoms with Crippen LogP contribution in [0.3, 0.4) is 0 Å². The Balaban J connectivity index is 2.03. The van der Waals surface area contributed by atoms with E-state index < -0.39 is 0 Å². The Morgan fingerprint density at radius 3 is 3.00 bits per heavy atom. The summed E-state index contributed by atoms with van der Waals surface area (Å²) < 4.78 is 0. The van der Waals surface area contributed by atoms with E-state index in [0.29, 0.717) is 18.2 Å². The molecule has 8 heteroatoms. The van der Waals surface area contributed by atoms with Crippen LogP contribution in [-0.4, -0.2) is 66.4 Å². The van der Waals surface area contributed by atoms with Gasteiger partial charge in [0, 0.05) is 52.6 Å². The van der Waals surface area contributed by atoms with Gasteiger partial charge in [-0.05, 0) is 0 Å². The van der Waals surface area contributed by atoms with Crippen molar-refractivity contribution in [2.24, 2.45) is 0 Å². The highest BCUT2D eigenvalue weighted by molar-refractivity contribution is 7.13. The van der Waals surface area contributed by atoms with E-state index in [1.54, 1.807) is 19.0 Å². The maximum absolute atomic E-state index is 12.2. The molecule has 0 aliphatic carbocycles. The molecule has 2 amide bonds. The van der Waals surface area contributed by atoms with Crippen molar-refractivity contribution in [3.63, 3.8) is 0 Å². The molecule has 1 saturated heterocycles. The molecule has 21 heavy (non-hydrogen) atoms. The maximum Gasteiger partial charge on any atom is 0.240 e. The van der Waals surface area contributed by atoms with Crippen LogP contribution in [0.2, 0.25) is 0 Å². The summed E-state index contributed by atoms with van der Waals surface area (Å²) in [6.07, 6.45) is 0.